The first-order chi connectivity index (χ1) is 14.0. The van der Waals surface area contributed by atoms with E-state index in [1.165, 1.54) is 23.4 Å². The largest absolute Gasteiger partial charge is 0.367 e. The lowest BCUT2D eigenvalue weighted by Gasteiger charge is -2.38. The van der Waals surface area contributed by atoms with Crippen LogP contribution in [0, 0.1) is 5.82 Å². The maximum atomic E-state index is 13.3. The summed E-state index contributed by atoms with van der Waals surface area (Å²) in [6.45, 7) is 8.47. The molecule has 1 aromatic carbocycles. The molecule has 0 radical (unpaired) electrons. The fraction of sp³-hybridized carbons (Fsp3) is 0.545. The highest BCUT2D eigenvalue weighted by atomic mass is 127. The van der Waals surface area contributed by atoms with Crippen LogP contribution in [0.1, 0.15) is 49.4 Å². The van der Waals surface area contributed by atoms with Crippen LogP contribution in [0.3, 0.4) is 0 Å². The van der Waals surface area contributed by atoms with Crippen LogP contribution in [-0.2, 0) is 31.2 Å². The highest BCUT2D eigenvalue weighted by molar-refractivity contribution is 14.0. The van der Waals surface area contributed by atoms with Crippen molar-refractivity contribution in [1.29, 1.82) is 0 Å². The molecule has 8 heteroatoms. The van der Waals surface area contributed by atoms with Gasteiger partial charge in [0.2, 0.25) is 0 Å². The van der Waals surface area contributed by atoms with Crippen LogP contribution < -0.4 is 5.32 Å². The van der Waals surface area contributed by atoms with Crippen molar-refractivity contribution in [2.24, 2.45) is 12.0 Å². The monoisotopic (exact) mass is 529 g/mol. The fourth-order valence-electron chi connectivity index (χ4n) is 4.08. The van der Waals surface area contributed by atoms with Gasteiger partial charge in [0.05, 0.1) is 18.3 Å². The van der Waals surface area contributed by atoms with Gasteiger partial charge >= 0.3 is 0 Å². The Morgan fingerprint density at radius 2 is 1.93 bits per heavy atom. The average molecular weight is 529 g/mol. The number of morpholine rings is 1. The topological polar surface area (TPSA) is 54.7 Å². The third kappa shape index (κ3) is 5.51. The van der Waals surface area contributed by atoms with E-state index >= 15 is 0 Å². The number of ether oxygens (including phenoxy) is 1. The summed E-state index contributed by atoms with van der Waals surface area (Å²) in [7, 11) is 3.81. The van der Waals surface area contributed by atoms with E-state index in [1.54, 1.807) is 19.2 Å². The van der Waals surface area contributed by atoms with Gasteiger partial charge in [0, 0.05) is 38.4 Å². The van der Waals surface area contributed by atoms with Gasteiger partial charge in [0.1, 0.15) is 11.9 Å². The van der Waals surface area contributed by atoms with E-state index in [9.17, 15) is 4.39 Å². The Kier molecular flexibility index (Phi) is 9.09. The fourth-order valence-corrected chi connectivity index (χ4v) is 4.08. The molecule has 30 heavy (non-hydrogen) atoms. The Labute approximate surface area is 195 Å². The van der Waals surface area contributed by atoms with Gasteiger partial charge in [-0.05, 0) is 37.5 Å². The van der Waals surface area contributed by atoms with E-state index in [2.05, 4.69) is 41.1 Å². The number of hydrogen-bond donors (Lipinski definition) is 1. The summed E-state index contributed by atoms with van der Waals surface area (Å²) in [6.07, 6.45) is 1.78. The third-order valence-corrected chi connectivity index (χ3v) is 5.46. The van der Waals surface area contributed by atoms with Crippen LogP contribution in [0.2, 0.25) is 0 Å². The molecule has 2 heterocycles. The molecule has 2 atom stereocenters. The maximum absolute atomic E-state index is 13.3. The number of aliphatic imine (C=N–C) groups is 1. The molecule has 0 saturated carbocycles. The van der Waals surface area contributed by atoms with E-state index in [-0.39, 0.29) is 42.0 Å². The Morgan fingerprint density at radius 3 is 2.53 bits per heavy atom. The summed E-state index contributed by atoms with van der Waals surface area (Å²) >= 11 is 0. The van der Waals surface area contributed by atoms with Gasteiger partial charge in [0.25, 0.3) is 0 Å². The lowest BCUT2D eigenvalue weighted by atomic mass is 10.1. The van der Waals surface area contributed by atoms with Crippen LogP contribution in [0.4, 0.5) is 4.39 Å². The van der Waals surface area contributed by atoms with Gasteiger partial charge < -0.3 is 15.0 Å². The van der Waals surface area contributed by atoms with Gasteiger partial charge in [-0.25, -0.2) is 4.39 Å². The van der Waals surface area contributed by atoms with E-state index in [4.69, 9.17) is 4.74 Å². The summed E-state index contributed by atoms with van der Waals surface area (Å²) in [5.74, 6) is 0.613. The van der Waals surface area contributed by atoms with Crippen molar-refractivity contribution >= 4 is 29.9 Å². The van der Waals surface area contributed by atoms with Gasteiger partial charge in [-0.1, -0.05) is 26.0 Å². The standard InChI is InChI=1S/C22H32FN5O.HI/c1-6-19-18(20(7-2)27(5)26-19)12-25-22(24-4)28-13-15(3)29-21(14-28)16-8-10-17(23)11-9-16;/h8-11,15,21H,6-7,12-14H2,1-5H3,(H,24,25);1H. The molecule has 0 bridgehead atoms. The minimum atomic E-state index is -0.234. The van der Waals surface area contributed by atoms with Crippen LogP contribution in [-0.4, -0.2) is 46.9 Å². The van der Waals surface area contributed by atoms with E-state index < -0.39 is 0 Å². The second-order valence-electron chi connectivity index (χ2n) is 7.50. The molecular weight excluding hydrogens is 496 g/mol. The molecule has 1 aliphatic rings. The Morgan fingerprint density at radius 1 is 1.23 bits per heavy atom. The predicted molar refractivity (Wildman–Crippen MR) is 129 cm³/mol. The maximum Gasteiger partial charge on any atom is 0.194 e. The zero-order chi connectivity index (χ0) is 21.0. The molecule has 2 unspecified atom stereocenters. The van der Waals surface area contributed by atoms with Crippen molar-refractivity contribution in [3.05, 3.63) is 52.6 Å². The molecule has 1 saturated heterocycles. The minimum Gasteiger partial charge on any atom is -0.367 e. The number of nitrogens with zero attached hydrogens (tertiary/aromatic N) is 4. The molecule has 1 aromatic heterocycles. The highest BCUT2D eigenvalue weighted by Gasteiger charge is 2.28. The van der Waals surface area contributed by atoms with Crippen molar-refractivity contribution in [3.63, 3.8) is 0 Å². The van der Waals surface area contributed by atoms with Crippen LogP contribution >= 0.6 is 24.0 Å². The molecule has 1 fully saturated rings. The summed E-state index contributed by atoms with van der Waals surface area (Å²) in [6, 6.07) is 6.55. The van der Waals surface area contributed by atoms with Crippen molar-refractivity contribution < 1.29 is 9.13 Å². The first-order valence-corrected chi connectivity index (χ1v) is 10.4. The molecule has 0 spiro atoms. The van der Waals surface area contributed by atoms with Crippen molar-refractivity contribution in [2.75, 3.05) is 20.1 Å². The lowest BCUT2D eigenvalue weighted by Crippen LogP contribution is -2.50. The van der Waals surface area contributed by atoms with Gasteiger partial charge in [-0.3, -0.25) is 9.67 Å². The van der Waals surface area contributed by atoms with Gasteiger partial charge in [-0.2, -0.15) is 5.10 Å². The molecule has 0 amide bonds. The Hall–Kier alpha value is -1.68. The summed E-state index contributed by atoms with van der Waals surface area (Å²) < 4.78 is 21.4. The zero-order valence-corrected chi connectivity index (χ0v) is 20.8. The summed E-state index contributed by atoms with van der Waals surface area (Å²) in [5, 5.41) is 8.19. The summed E-state index contributed by atoms with van der Waals surface area (Å²) in [5.41, 5.74) is 4.62. The first kappa shape index (κ1) is 24.6. The second-order valence-corrected chi connectivity index (χ2v) is 7.50. The highest BCUT2D eigenvalue weighted by Crippen LogP contribution is 2.25. The Bertz CT molecular complexity index is 852. The number of aryl methyl sites for hydroxylation is 2. The number of halogens is 2. The Balaban J connectivity index is 0.00000320. The minimum absolute atomic E-state index is 0. The van der Waals surface area contributed by atoms with Crippen LogP contribution in [0.25, 0.3) is 0 Å². The molecule has 6 nitrogen and oxygen atoms in total. The molecule has 1 N–H and O–H groups in total. The zero-order valence-electron chi connectivity index (χ0n) is 18.5. The molecule has 0 aliphatic carbocycles. The van der Waals surface area contributed by atoms with Crippen LogP contribution in [0.5, 0.6) is 0 Å². The normalized spacial score (nSPS) is 19.5. The second kappa shape index (κ2) is 11.1. The molecule has 3 rings (SSSR count). The third-order valence-electron chi connectivity index (χ3n) is 5.46. The SMILES string of the molecule is CCc1nn(C)c(CC)c1CNC(=NC)N1CC(C)OC(c2ccc(F)cc2)C1.I. The summed E-state index contributed by atoms with van der Waals surface area (Å²) in [4.78, 5) is 6.73. The van der Waals surface area contributed by atoms with Crippen molar-refractivity contribution in [1.82, 2.24) is 20.0 Å². The van der Waals surface area contributed by atoms with E-state index in [1.807, 2.05) is 11.7 Å². The van der Waals surface area contributed by atoms with Gasteiger partial charge in [-0.15, -0.1) is 24.0 Å². The molecular formula is C22H33FIN5O. The van der Waals surface area contributed by atoms with E-state index in [0.29, 0.717) is 13.1 Å². The van der Waals surface area contributed by atoms with E-state index in [0.717, 1.165) is 36.6 Å². The lowest BCUT2D eigenvalue weighted by molar-refractivity contribution is -0.0605. The number of hydrogen-bond acceptors (Lipinski definition) is 3. The number of guanidine groups is 1. The average Bonchev–Trinajstić information content (AvgIpc) is 3.03. The van der Waals surface area contributed by atoms with Crippen molar-refractivity contribution in [3.8, 4) is 0 Å². The molecule has 2 aromatic rings. The van der Waals surface area contributed by atoms with Crippen LogP contribution in [0.15, 0.2) is 29.3 Å². The number of aromatic nitrogens is 2. The van der Waals surface area contributed by atoms with Gasteiger partial charge in [0.15, 0.2) is 5.96 Å². The first-order valence-electron chi connectivity index (χ1n) is 10.4. The number of nitrogens with one attached hydrogen (secondary N) is 1. The molecule has 166 valence electrons. The number of rotatable bonds is 5. The van der Waals surface area contributed by atoms with Crippen molar-refractivity contribution in [2.45, 2.75) is 52.4 Å². The molecule has 1 aliphatic heterocycles. The quantitative estimate of drug-likeness (QED) is 0.364. The predicted octanol–water partition coefficient (Wildman–Crippen LogP) is 3.84. The smallest absolute Gasteiger partial charge is 0.194 e. The number of benzene rings is 1.